The van der Waals surface area contributed by atoms with Crippen LogP contribution in [0.15, 0.2) is 24.3 Å². The van der Waals surface area contributed by atoms with E-state index in [0.717, 1.165) is 31.5 Å². The first-order valence-electron chi connectivity index (χ1n) is 8.85. The van der Waals surface area contributed by atoms with Gasteiger partial charge in [-0.25, -0.2) is 4.39 Å². The maximum atomic E-state index is 13.3. The molecule has 23 heavy (non-hydrogen) atoms. The Bertz CT molecular complexity index is 533. The molecule has 1 amide bonds. The van der Waals surface area contributed by atoms with Gasteiger partial charge in [0.05, 0.1) is 0 Å². The molecule has 2 aliphatic rings. The van der Waals surface area contributed by atoms with Crippen LogP contribution in [-0.4, -0.2) is 25.5 Å². The molecule has 4 heteroatoms. The fraction of sp³-hybridized carbons (Fsp3) is 0.632. The van der Waals surface area contributed by atoms with Gasteiger partial charge in [-0.2, -0.15) is 0 Å². The number of hydrogen-bond acceptors (Lipinski definition) is 2. The molecule has 1 saturated heterocycles. The van der Waals surface area contributed by atoms with Gasteiger partial charge in [-0.1, -0.05) is 38.3 Å². The molecule has 0 radical (unpaired) electrons. The highest BCUT2D eigenvalue weighted by Crippen LogP contribution is 2.39. The maximum absolute atomic E-state index is 13.3. The van der Waals surface area contributed by atoms with Crippen LogP contribution in [0, 0.1) is 17.7 Å². The van der Waals surface area contributed by atoms with Crippen LogP contribution in [-0.2, 0) is 10.2 Å². The quantitative estimate of drug-likeness (QED) is 0.876. The minimum Gasteiger partial charge on any atom is -0.355 e. The number of carbonyl (C=O) groups is 1. The number of carbonyl (C=O) groups excluding carboxylic acids is 1. The van der Waals surface area contributed by atoms with Gasteiger partial charge >= 0.3 is 0 Å². The van der Waals surface area contributed by atoms with Gasteiger partial charge in [-0.3, -0.25) is 4.79 Å². The van der Waals surface area contributed by atoms with E-state index in [1.807, 2.05) is 19.1 Å². The lowest BCUT2D eigenvalue weighted by Gasteiger charge is -2.39. The summed E-state index contributed by atoms with van der Waals surface area (Å²) in [5.74, 6) is 0.478. The summed E-state index contributed by atoms with van der Waals surface area (Å²) in [5, 5.41) is 6.42. The molecular weight excluding hydrogens is 291 g/mol. The number of amides is 1. The zero-order valence-corrected chi connectivity index (χ0v) is 13.9. The van der Waals surface area contributed by atoms with Gasteiger partial charge in [0.15, 0.2) is 0 Å². The van der Waals surface area contributed by atoms with Crippen molar-refractivity contribution < 1.29 is 9.18 Å². The molecule has 1 aliphatic heterocycles. The van der Waals surface area contributed by atoms with Gasteiger partial charge in [-0.15, -0.1) is 0 Å². The Labute approximate surface area is 138 Å². The molecule has 1 saturated carbocycles. The van der Waals surface area contributed by atoms with Crippen molar-refractivity contribution in [3.8, 4) is 0 Å². The predicted molar refractivity (Wildman–Crippen MR) is 89.7 cm³/mol. The SMILES string of the molecule is CC(C(=O)NCC1(c2ccc(F)cc2)CCCCC1)C1CNC1. The normalized spacial score (nSPS) is 22.2. The molecule has 3 rings (SSSR count). The third kappa shape index (κ3) is 3.57. The molecule has 0 bridgehead atoms. The van der Waals surface area contributed by atoms with Crippen molar-refractivity contribution in [3.63, 3.8) is 0 Å². The Balaban J connectivity index is 1.69. The summed E-state index contributed by atoms with van der Waals surface area (Å²) < 4.78 is 13.3. The Morgan fingerprint density at radius 1 is 1.26 bits per heavy atom. The molecule has 1 aliphatic carbocycles. The standard InChI is InChI=1S/C19H27FN2O/c1-14(15-11-21-12-15)18(23)22-13-19(9-3-2-4-10-19)16-5-7-17(20)8-6-16/h5-8,14-15,21H,2-4,9-13H2,1H3,(H,22,23). The molecule has 1 atom stereocenters. The molecule has 0 aromatic heterocycles. The third-order valence-corrected chi connectivity index (χ3v) is 5.80. The second-order valence-corrected chi connectivity index (χ2v) is 7.27. The van der Waals surface area contributed by atoms with Crippen LogP contribution < -0.4 is 10.6 Å². The van der Waals surface area contributed by atoms with Crippen LogP contribution >= 0.6 is 0 Å². The van der Waals surface area contributed by atoms with Crippen molar-refractivity contribution >= 4 is 5.91 Å². The fourth-order valence-electron chi connectivity index (χ4n) is 3.90. The summed E-state index contributed by atoms with van der Waals surface area (Å²) in [5.41, 5.74) is 1.14. The number of benzene rings is 1. The Hall–Kier alpha value is -1.42. The van der Waals surface area contributed by atoms with Crippen molar-refractivity contribution in [2.24, 2.45) is 11.8 Å². The van der Waals surface area contributed by atoms with E-state index < -0.39 is 0 Å². The van der Waals surface area contributed by atoms with E-state index >= 15 is 0 Å². The minimum atomic E-state index is -0.199. The first-order chi connectivity index (χ1) is 11.1. The highest BCUT2D eigenvalue weighted by atomic mass is 19.1. The molecular formula is C19H27FN2O. The molecule has 2 N–H and O–H groups in total. The molecule has 0 spiro atoms. The van der Waals surface area contributed by atoms with Crippen molar-refractivity contribution in [2.45, 2.75) is 44.4 Å². The van der Waals surface area contributed by atoms with Gasteiger partial charge in [0.1, 0.15) is 5.82 Å². The van der Waals surface area contributed by atoms with Crippen molar-refractivity contribution in [1.82, 2.24) is 10.6 Å². The van der Waals surface area contributed by atoms with Crippen LogP contribution in [0.3, 0.4) is 0 Å². The molecule has 1 aromatic carbocycles. The molecule has 2 fully saturated rings. The maximum Gasteiger partial charge on any atom is 0.223 e. The second kappa shape index (κ2) is 7.00. The van der Waals surface area contributed by atoms with Crippen molar-refractivity contribution in [1.29, 1.82) is 0 Å². The summed E-state index contributed by atoms with van der Waals surface area (Å²) in [6, 6.07) is 6.87. The Morgan fingerprint density at radius 2 is 1.91 bits per heavy atom. The lowest BCUT2D eigenvalue weighted by molar-refractivity contribution is -0.127. The minimum absolute atomic E-state index is 0.0286. The fourth-order valence-corrected chi connectivity index (χ4v) is 3.90. The van der Waals surface area contributed by atoms with Crippen LogP contribution in [0.4, 0.5) is 4.39 Å². The number of rotatable bonds is 5. The van der Waals surface area contributed by atoms with Gasteiger partial charge in [0.25, 0.3) is 0 Å². The van der Waals surface area contributed by atoms with E-state index in [2.05, 4.69) is 10.6 Å². The van der Waals surface area contributed by atoms with E-state index in [1.54, 1.807) is 0 Å². The van der Waals surface area contributed by atoms with E-state index in [9.17, 15) is 9.18 Å². The zero-order valence-electron chi connectivity index (χ0n) is 13.9. The van der Waals surface area contributed by atoms with Gasteiger partial charge in [0.2, 0.25) is 5.91 Å². The van der Waals surface area contributed by atoms with Crippen molar-refractivity contribution in [3.05, 3.63) is 35.6 Å². The number of nitrogens with one attached hydrogen (secondary N) is 2. The highest BCUT2D eigenvalue weighted by Gasteiger charge is 2.35. The third-order valence-electron chi connectivity index (χ3n) is 5.80. The van der Waals surface area contributed by atoms with E-state index in [1.165, 1.54) is 31.4 Å². The second-order valence-electron chi connectivity index (χ2n) is 7.27. The lowest BCUT2D eigenvalue weighted by atomic mass is 9.69. The summed E-state index contributed by atoms with van der Waals surface area (Å²) in [4.78, 5) is 12.4. The lowest BCUT2D eigenvalue weighted by Crippen LogP contribution is -2.51. The van der Waals surface area contributed by atoms with Gasteiger partial charge in [0, 0.05) is 17.9 Å². The number of halogens is 1. The monoisotopic (exact) mass is 318 g/mol. The smallest absolute Gasteiger partial charge is 0.223 e. The molecule has 1 heterocycles. The van der Waals surface area contributed by atoms with E-state index in [4.69, 9.17) is 0 Å². The Morgan fingerprint density at radius 3 is 2.48 bits per heavy atom. The zero-order chi connectivity index (χ0) is 16.3. The molecule has 1 unspecified atom stereocenters. The van der Waals surface area contributed by atoms with E-state index in [0.29, 0.717) is 12.5 Å². The number of hydrogen-bond donors (Lipinski definition) is 2. The molecule has 3 nitrogen and oxygen atoms in total. The molecule has 1 aromatic rings. The average Bonchev–Trinajstić information content (AvgIpc) is 2.52. The summed E-state index contributed by atoms with van der Waals surface area (Å²) >= 11 is 0. The van der Waals surface area contributed by atoms with Gasteiger partial charge < -0.3 is 10.6 Å². The summed E-state index contributed by atoms with van der Waals surface area (Å²) in [6.45, 7) is 4.57. The van der Waals surface area contributed by atoms with Crippen LogP contribution in [0.1, 0.15) is 44.6 Å². The highest BCUT2D eigenvalue weighted by molar-refractivity contribution is 5.78. The summed E-state index contributed by atoms with van der Waals surface area (Å²) in [7, 11) is 0. The topological polar surface area (TPSA) is 41.1 Å². The predicted octanol–water partition coefficient (Wildman–Crippen LogP) is 3.00. The first kappa shape index (κ1) is 16.4. The molecule has 126 valence electrons. The van der Waals surface area contributed by atoms with Crippen molar-refractivity contribution in [2.75, 3.05) is 19.6 Å². The van der Waals surface area contributed by atoms with E-state index in [-0.39, 0.29) is 23.1 Å². The van der Waals surface area contributed by atoms with Crippen LogP contribution in [0.2, 0.25) is 0 Å². The largest absolute Gasteiger partial charge is 0.355 e. The van der Waals surface area contributed by atoms with Gasteiger partial charge in [-0.05, 0) is 49.5 Å². The van der Waals surface area contributed by atoms with Crippen LogP contribution in [0.5, 0.6) is 0 Å². The average molecular weight is 318 g/mol. The summed E-state index contributed by atoms with van der Waals surface area (Å²) in [6.07, 6.45) is 5.74. The van der Waals surface area contributed by atoms with Crippen LogP contribution in [0.25, 0.3) is 0 Å². The first-order valence-corrected chi connectivity index (χ1v) is 8.85. The Kier molecular flexibility index (Phi) is 5.00.